The fourth-order valence-corrected chi connectivity index (χ4v) is 2.32. The minimum Gasteiger partial charge on any atom is -0.429 e. The first-order valence-corrected chi connectivity index (χ1v) is 9.13. The van der Waals surface area contributed by atoms with Crippen molar-refractivity contribution in [2.45, 2.75) is 33.3 Å². The summed E-state index contributed by atoms with van der Waals surface area (Å²) in [6.07, 6.45) is -0.455. The van der Waals surface area contributed by atoms with E-state index in [0.29, 0.717) is 16.9 Å². The van der Waals surface area contributed by atoms with E-state index >= 15 is 0 Å². The molecule has 2 aromatic rings. The largest absolute Gasteiger partial charge is 0.514 e. The fraction of sp³-hybridized carbons (Fsp3) is 0.250. The molecule has 2 aromatic carbocycles. The van der Waals surface area contributed by atoms with Crippen LogP contribution in [0.25, 0.3) is 0 Å². The van der Waals surface area contributed by atoms with Gasteiger partial charge in [-0.15, -0.1) is 0 Å². The van der Waals surface area contributed by atoms with E-state index in [1.807, 2.05) is 0 Å². The van der Waals surface area contributed by atoms with Crippen molar-refractivity contribution in [3.05, 3.63) is 58.1 Å². The lowest BCUT2D eigenvalue weighted by Gasteiger charge is -2.12. The first-order chi connectivity index (χ1) is 14.3. The number of benzene rings is 2. The van der Waals surface area contributed by atoms with Gasteiger partial charge in [-0.2, -0.15) is 0 Å². The molecule has 0 spiro atoms. The summed E-state index contributed by atoms with van der Waals surface area (Å²) >= 11 is 0. The van der Waals surface area contributed by atoms with Crippen LogP contribution in [0.1, 0.15) is 32.3 Å². The summed E-state index contributed by atoms with van der Waals surface area (Å²) in [7, 11) is 0. The van der Waals surface area contributed by atoms with Crippen LogP contribution in [0.15, 0.2) is 42.5 Å². The molecule has 10 nitrogen and oxygen atoms in total. The van der Waals surface area contributed by atoms with Gasteiger partial charge < -0.3 is 20.1 Å². The van der Waals surface area contributed by atoms with Crippen molar-refractivity contribution in [2.24, 2.45) is 0 Å². The standard InChI is InChI=1S/C20H21N3O7/c1-3-18(24)21-14-9-13(10-15(11-14)22-19(25)4-2)12-29-20(26)30-17-7-5-16(6-8-17)23(27)28/h5-11H,3-4,12H2,1-2H3,(H,21,24)(H,22,25). The van der Waals surface area contributed by atoms with Gasteiger partial charge in [0.2, 0.25) is 11.8 Å². The number of nitro benzene ring substituents is 1. The van der Waals surface area contributed by atoms with Crippen LogP contribution in [0.4, 0.5) is 21.9 Å². The Balaban J connectivity index is 2.05. The van der Waals surface area contributed by atoms with Crippen LogP contribution in [0, 0.1) is 10.1 Å². The molecule has 0 heterocycles. The number of carbonyl (C=O) groups excluding carboxylic acids is 3. The number of carbonyl (C=O) groups is 3. The third-order valence-electron chi connectivity index (χ3n) is 3.81. The van der Waals surface area contributed by atoms with Gasteiger partial charge in [0.05, 0.1) is 4.92 Å². The van der Waals surface area contributed by atoms with Crippen LogP contribution in [0.2, 0.25) is 0 Å². The molecule has 0 atom stereocenters. The molecule has 158 valence electrons. The molecule has 10 heteroatoms. The second-order valence-corrected chi connectivity index (χ2v) is 6.11. The molecule has 0 aliphatic rings. The van der Waals surface area contributed by atoms with Crippen molar-refractivity contribution < 1.29 is 28.8 Å². The van der Waals surface area contributed by atoms with E-state index < -0.39 is 11.1 Å². The maximum atomic E-state index is 11.9. The number of nitro groups is 1. The zero-order valence-electron chi connectivity index (χ0n) is 16.5. The van der Waals surface area contributed by atoms with Gasteiger partial charge in [-0.05, 0) is 35.9 Å². The Kier molecular flexibility index (Phi) is 7.86. The van der Waals surface area contributed by atoms with Gasteiger partial charge in [0.15, 0.2) is 0 Å². The van der Waals surface area contributed by atoms with Crippen LogP contribution in [0.3, 0.4) is 0 Å². The summed E-state index contributed by atoms with van der Waals surface area (Å²) in [5.74, 6) is -0.331. The van der Waals surface area contributed by atoms with Gasteiger partial charge in [-0.1, -0.05) is 13.8 Å². The maximum Gasteiger partial charge on any atom is 0.514 e. The molecule has 30 heavy (non-hydrogen) atoms. The van der Waals surface area contributed by atoms with Gasteiger partial charge in [-0.3, -0.25) is 19.7 Å². The third kappa shape index (κ3) is 6.89. The molecule has 2 rings (SSSR count). The second-order valence-electron chi connectivity index (χ2n) is 6.11. The van der Waals surface area contributed by atoms with E-state index in [1.165, 1.54) is 24.3 Å². The number of ether oxygens (including phenoxy) is 2. The van der Waals surface area contributed by atoms with E-state index in [-0.39, 0.29) is 42.7 Å². The lowest BCUT2D eigenvalue weighted by Crippen LogP contribution is -2.14. The van der Waals surface area contributed by atoms with Crippen LogP contribution < -0.4 is 15.4 Å². The number of non-ortho nitro benzene ring substituents is 1. The molecular weight excluding hydrogens is 394 g/mol. The van der Waals surface area contributed by atoms with E-state index in [9.17, 15) is 24.5 Å². The van der Waals surface area contributed by atoms with Gasteiger partial charge in [0.1, 0.15) is 12.4 Å². The molecular formula is C20H21N3O7. The zero-order valence-corrected chi connectivity index (χ0v) is 16.5. The van der Waals surface area contributed by atoms with Crippen LogP contribution in [0.5, 0.6) is 5.75 Å². The number of anilines is 2. The zero-order chi connectivity index (χ0) is 22.1. The molecule has 0 bridgehead atoms. The van der Waals surface area contributed by atoms with Gasteiger partial charge in [0, 0.05) is 36.3 Å². The number of hydrogen-bond donors (Lipinski definition) is 2. The first kappa shape index (κ1) is 22.3. The second kappa shape index (κ2) is 10.6. The summed E-state index contributed by atoms with van der Waals surface area (Å²) < 4.78 is 10.0. The number of nitrogens with zero attached hydrogens (tertiary/aromatic N) is 1. The summed E-state index contributed by atoms with van der Waals surface area (Å²) in [5, 5.41) is 16.0. The molecule has 0 aliphatic carbocycles. The molecule has 2 amide bonds. The molecule has 0 aromatic heterocycles. The van der Waals surface area contributed by atoms with Gasteiger partial charge in [-0.25, -0.2) is 4.79 Å². The van der Waals surface area contributed by atoms with E-state index in [0.717, 1.165) is 0 Å². The minimum atomic E-state index is -1.01. The van der Waals surface area contributed by atoms with Crippen molar-refractivity contribution in [2.75, 3.05) is 10.6 Å². The number of hydrogen-bond acceptors (Lipinski definition) is 7. The Morgan fingerprint density at radius 3 is 1.93 bits per heavy atom. The van der Waals surface area contributed by atoms with Crippen molar-refractivity contribution >= 4 is 35.0 Å². The molecule has 0 fully saturated rings. The van der Waals surface area contributed by atoms with Crippen molar-refractivity contribution in [1.29, 1.82) is 0 Å². The average molecular weight is 415 g/mol. The van der Waals surface area contributed by atoms with E-state index in [1.54, 1.807) is 32.0 Å². The Hall–Kier alpha value is -3.95. The Morgan fingerprint density at radius 2 is 1.47 bits per heavy atom. The Morgan fingerprint density at radius 1 is 0.933 bits per heavy atom. The minimum absolute atomic E-state index is 0.0884. The number of amides is 2. The average Bonchev–Trinajstić information content (AvgIpc) is 2.72. The molecule has 0 saturated carbocycles. The monoisotopic (exact) mass is 415 g/mol. The summed E-state index contributed by atoms with van der Waals surface area (Å²) in [5.41, 5.74) is 1.26. The van der Waals surface area contributed by atoms with Crippen LogP contribution in [-0.4, -0.2) is 22.9 Å². The Labute approximate surface area is 172 Å². The lowest BCUT2D eigenvalue weighted by molar-refractivity contribution is -0.384. The first-order valence-electron chi connectivity index (χ1n) is 9.13. The lowest BCUT2D eigenvalue weighted by atomic mass is 10.1. The summed E-state index contributed by atoms with van der Waals surface area (Å²) in [6, 6.07) is 9.76. The highest BCUT2D eigenvalue weighted by molar-refractivity contribution is 5.94. The Bertz CT molecular complexity index is 906. The predicted octanol–water partition coefficient (Wildman–Crippen LogP) is 4.01. The summed E-state index contributed by atoms with van der Waals surface area (Å²) in [4.78, 5) is 45.3. The van der Waals surface area contributed by atoms with Crippen molar-refractivity contribution in [1.82, 2.24) is 0 Å². The van der Waals surface area contributed by atoms with E-state index in [2.05, 4.69) is 10.6 Å². The van der Waals surface area contributed by atoms with E-state index in [4.69, 9.17) is 9.47 Å². The highest BCUT2D eigenvalue weighted by atomic mass is 16.7. The quantitative estimate of drug-likeness (QED) is 0.288. The number of nitrogens with one attached hydrogen (secondary N) is 2. The van der Waals surface area contributed by atoms with Gasteiger partial charge in [0.25, 0.3) is 5.69 Å². The van der Waals surface area contributed by atoms with Crippen LogP contribution >= 0.6 is 0 Å². The highest BCUT2D eigenvalue weighted by Crippen LogP contribution is 2.21. The molecule has 0 saturated heterocycles. The number of rotatable bonds is 8. The molecule has 0 unspecified atom stereocenters. The molecule has 2 N–H and O–H groups in total. The topological polar surface area (TPSA) is 137 Å². The SMILES string of the molecule is CCC(=O)Nc1cc(COC(=O)Oc2ccc([N+](=O)[O-])cc2)cc(NC(=O)CC)c1. The molecule has 0 aliphatic heterocycles. The molecule has 0 radical (unpaired) electrons. The maximum absolute atomic E-state index is 11.9. The fourth-order valence-electron chi connectivity index (χ4n) is 2.32. The summed E-state index contributed by atoms with van der Waals surface area (Å²) in [6.45, 7) is 3.23. The third-order valence-corrected chi connectivity index (χ3v) is 3.81. The van der Waals surface area contributed by atoms with Crippen LogP contribution in [-0.2, 0) is 20.9 Å². The van der Waals surface area contributed by atoms with Crippen molar-refractivity contribution in [3.8, 4) is 5.75 Å². The van der Waals surface area contributed by atoms with Gasteiger partial charge >= 0.3 is 6.16 Å². The smallest absolute Gasteiger partial charge is 0.429 e. The predicted molar refractivity (Wildman–Crippen MR) is 108 cm³/mol. The van der Waals surface area contributed by atoms with Crippen molar-refractivity contribution in [3.63, 3.8) is 0 Å². The normalized spacial score (nSPS) is 10.1. The highest BCUT2D eigenvalue weighted by Gasteiger charge is 2.11.